The van der Waals surface area contributed by atoms with Gasteiger partial charge in [0.1, 0.15) is 5.75 Å². The zero-order chi connectivity index (χ0) is 17.9. The highest BCUT2D eigenvalue weighted by atomic mass is 32.1. The first-order valence-electron chi connectivity index (χ1n) is 9.55. The maximum atomic E-state index is 5.59. The van der Waals surface area contributed by atoms with Crippen LogP contribution in [0.25, 0.3) is 10.1 Å². The Morgan fingerprint density at radius 1 is 1.15 bits per heavy atom. The number of rotatable bonds is 6. The molecule has 1 aliphatic carbocycles. The van der Waals surface area contributed by atoms with E-state index in [2.05, 4.69) is 59.8 Å². The van der Waals surface area contributed by atoms with E-state index < -0.39 is 0 Å². The highest BCUT2D eigenvalue weighted by Gasteiger charge is 2.23. The van der Waals surface area contributed by atoms with Crippen LogP contribution in [0, 0.1) is 0 Å². The van der Waals surface area contributed by atoms with Gasteiger partial charge in [0.05, 0.1) is 7.11 Å². The lowest BCUT2D eigenvalue weighted by atomic mass is 9.82. The Kier molecular flexibility index (Phi) is 5.28. The van der Waals surface area contributed by atoms with Crippen LogP contribution in [0.5, 0.6) is 5.75 Å². The maximum absolute atomic E-state index is 5.59. The van der Waals surface area contributed by atoms with Crippen LogP contribution in [-0.2, 0) is 12.8 Å². The number of thiophene rings is 1. The molecule has 0 radical (unpaired) electrons. The lowest BCUT2D eigenvalue weighted by molar-refractivity contribution is 0.299. The van der Waals surface area contributed by atoms with Crippen LogP contribution in [0.3, 0.4) is 0 Å². The normalized spacial score (nSPS) is 16.8. The summed E-state index contributed by atoms with van der Waals surface area (Å²) in [6.45, 7) is 2.23. The quantitative estimate of drug-likeness (QED) is 0.571. The Labute approximate surface area is 160 Å². The number of likely N-dealkylation sites (N-methyl/N-ethyl adjacent to an activating group) is 1. The van der Waals surface area contributed by atoms with Crippen molar-refractivity contribution in [3.05, 3.63) is 64.5 Å². The van der Waals surface area contributed by atoms with Gasteiger partial charge in [0, 0.05) is 17.8 Å². The summed E-state index contributed by atoms with van der Waals surface area (Å²) >= 11 is 1.86. The molecule has 2 aromatic carbocycles. The standard InChI is InChI=1S/C23H27NOS/c1-24(14-13-18-16-26-23-12-4-3-8-20(18)23)15-17-7-5-10-21-19(17)9-6-11-22(21)25-2/h3-4,6,8-9,11-12,16-17H,5,7,10,13-15H2,1-2H3/t17-/m0/s1. The maximum Gasteiger partial charge on any atom is 0.122 e. The summed E-state index contributed by atoms with van der Waals surface area (Å²) < 4.78 is 6.99. The van der Waals surface area contributed by atoms with Gasteiger partial charge in [0.2, 0.25) is 0 Å². The van der Waals surface area contributed by atoms with Gasteiger partial charge < -0.3 is 9.64 Å². The van der Waals surface area contributed by atoms with Gasteiger partial charge in [-0.3, -0.25) is 0 Å². The fourth-order valence-corrected chi connectivity index (χ4v) is 5.30. The third kappa shape index (κ3) is 3.51. The fourth-order valence-electron chi connectivity index (χ4n) is 4.30. The van der Waals surface area contributed by atoms with E-state index in [-0.39, 0.29) is 0 Å². The Bertz CT molecular complexity index is 885. The molecule has 136 valence electrons. The number of hydrogen-bond donors (Lipinski definition) is 0. The summed E-state index contributed by atoms with van der Waals surface area (Å²) in [7, 11) is 4.06. The first-order chi connectivity index (χ1) is 12.8. The summed E-state index contributed by atoms with van der Waals surface area (Å²) in [5, 5.41) is 3.76. The molecule has 0 unspecified atom stereocenters. The molecule has 0 aliphatic heterocycles. The molecule has 1 aromatic heterocycles. The van der Waals surface area contributed by atoms with E-state index in [1.807, 2.05) is 11.3 Å². The van der Waals surface area contributed by atoms with Crippen LogP contribution in [0.4, 0.5) is 0 Å². The monoisotopic (exact) mass is 365 g/mol. The van der Waals surface area contributed by atoms with Gasteiger partial charge in [-0.1, -0.05) is 30.3 Å². The van der Waals surface area contributed by atoms with Crippen molar-refractivity contribution < 1.29 is 4.74 Å². The van der Waals surface area contributed by atoms with Crippen molar-refractivity contribution >= 4 is 21.4 Å². The third-order valence-electron chi connectivity index (χ3n) is 5.66. The van der Waals surface area contributed by atoms with Crippen LogP contribution in [-0.4, -0.2) is 32.1 Å². The van der Waals surface area contributed by atoms with Crippen LogP contribution in [0.2, 0.25) is 0 Å². The minimum Gasteiger partial charge on any atom is -0.496 e. The summed E-state index contributed by atoms with van der Waals surface area (Å²) in [6.07, 6.45) is 4.82. The second-order valence-electron chi connectivity index (χ2n) is 7.39. The lowest BCUT2D eigenvalue weighted by Gasteiger charge is -2.30. The summed E-state index contributed by atoms with van der Waals surface area (Å²) in [6, 6.07) is 15.3. The SMILES string of the molecule is COc1cccc2c1CCC[C@H]2CN(C)CCc1csc2ccccc12. The van der Waals surface area contributed by atoms with Crippen molar-refractivity contribution in [2.24, 2.45) is 0 Å². The zero-order valence-corrected chi connectivity index (χ0v) is 16.5. The minimum absolute atomic E-state index is 0.623. The van der Waals surface area contributed by atoms with Gasteiger partial charge >= 0.3 is 0 Å². The van der Waals surface area contributed by atoms with Crippen LogP contribution < -0.4 is 4.74 Å². The van der Waals surface area contributed by atoms with Crippen molar-refractivity contribution in [3.8, 4) is 5.75 Å². The first-order valence-corrected chi connectivity index (χ1v) is 10.4. The highest BCUT2D eigenvalue weighted by molar-refractivity contribution is 7.17. The lowest BCUT2D eigenvalue weighted by Crippen LogP contribution is -2.28. The summed E-state index contributed by atoms with van der Waals surface area (Å²) in [4.78, 5) is 2.51. The number of hydrogen-bond acceptors (Lipinski definition) is 3. The van der Waals surface area contributed by atoms with E-state index >= 15 is 0 Å². The third-order valence-corrected chi connectivity index (χ3v) is 6.68. The fraction of sp³-hybridized carbons (Fsp3) is 0.391. The Morgan fingerprint density at radius 3 is 2.92 bits per heavy atom. The van der Waals surface area contributed by atoms with Crippen molar-refractivity contribution in [2.45, 2.75) is 31.6 Å². The van der Waals surface area contributed by atoms with Gasteiger partial charge in [-0.2, -0.15) is 0 Å². The molecule has 0 amide bonds. The molecule has 0 saturated heterocycles. The minimum atomic E-state index is 0.623. The Morgan fingerprint density at radius 2 is 2.04 bits per heavy atom. The van der Waals surface area contributed by atoms with E-state index in [1.165, 1.54) is 39.6 Å². The molecule has 1 heterocycles. The van der Waals surface area contributed by atoms with E-state index in [4.69, 9.17) is 4.74 Å². The molecule has 0 bridgehead atoms. The Hall–Kier alpha value is -1.84. The predicted molar refractivity (Wildman–Crippen MR) is 112 cm³/mol. The smallest absolute Gasteiger partial charge is 0.122 e. The molecule has 1 aliphatic rings. The van der Waals surface area contributed by atoms with Crippen LogP contribution in [0.15, 0.2) is 47.8 Å². The van der Waals surface area contributed by atoms with E-state index in [1.54, 1.807) is 7.11 Å². The van der Waals surface area contributed by atoms with Gasteiger partial charge in [-0.05, 0) is 78.2 Å². The molecule has 0 fully saturated rings. The van der Waals surface area contributed by atoms with Gasteiger partial charge in [0.15, 0.2) is 0 Å². The highest BCUT2D eigenvalue weighted by Crippen LogP contribution is 2.37. The topological polar surface area (TPSA) is 12.5 Å². The van der Waals surface area contributed by atoms with Crippen molar-refractivity contribution in [3.63, 3.8) is 0 Å². The molecule has 3 heteroatoms. The van der Waals surface area contributed by atoms with E-state index in [0.717, 1.165) is 31.7 Å². The van der Waals surface area contributed by atoms with E-state index in [0.29, 0.717) is 5.92 Å². The zero-order valence-electron chi connectivity index (χ0n) is 15.7. The molecule has 3 aromatic rings. The molecule has 0 saturated carbocycles. The van der Waals surface area contributed by atoms with Crippen LogP contribution in [0.1, 0.15) is 35.4 Å². The number of nitrogens with zero attached hydrogens (tertiary/aromatic N) is 1. The molecule has 1 atom stereocenters. The van der Waals surface area contributed by atoms with Crippen LogP contribution >= 0.6 is 11.3 Å². The average Bonchev–Trinajstić information content (AvgIpc) is 3.09. The van der Waals surface area contributed by atoms with Gasteiger partial charge in [-0.15, -0.1) is 11.3 Å². The van der Waals surface area contributed by atoms with Crippen molar-refractivity contribution in [1.29, 1.82) is 0 Å². The molecular weight excluding hydrogens is 338 g/mol. The summed E-state index contributed by atoms with van der Waals surface area (Å²) in [5.41, 5.74) is 4.43. The van der Waals surface area contributed by atoms with E-state index in [9.17, 15) is 0 Å². The van der Waals surface area contributed by atoms with Gasteiger partial charge in [-0.25, -0.2) is 0 Å². The summed E-state index contributed by atoms with van der Waals surface area (Å²) in [5.74, 6) is 1.69. The Balaban J connectivity index is 1.42. The molecule has 0 N–H and O–H groups in total. The van der Waals surface area contributed by atoms with Gasteiger partial charge in [0.25, 0.3) is 0 Å². The molecule has 4 rings (SSSR count). The molecular formula is C23H27NOS. The number of ether oxygens (including phenoxy) is 1. The molecule has 2 nitrogen and oxygen atoms in total. The number of fused-ring (bicyclic) bond motifs is 2. The number of benzene rings is 2. The first kappa shape index (κ1) is 17.6. The predicted octanol–water partition coefficient (Wildman–Crippen LogP) is 5.50. The van der Waals surface area contributed by atoms with Crippen molar-refractivity contribution in [1.82, 2.24) is 4.90 Å². The number of methoxy groups -OCH3 is 1. The molecule has 26 heavy (non-hydrogen) atoms. The largest absolute Gasteiger partial charge is 0.496 e. The van der Waals surface area contributed by atoms with Crippen molar-refractivity contribution in [2.75, 3.05) is 27.2 Å². The second kappa shape index (κ2) is 7.81. The molecule has 0 spiro atoms. The second-order valence-corrected chi connectivity index (χ2v) is 8.30. The average molecular weight is 366 g/mol.